The van der Waals surface area contributed by atoms with Gasteiger partial charge in [0.2, 0.25) is 0 Å². The van der Waals surface area contributed by atoms with Crippen molar-refractivity contribution in [3.63, 3.8) is 0 Å². The Hall–Kier alpha value is -1.06. The smallest absolute Gasteiger partial charge is 0.124 e. The topological polar surface area (TPSA) is 44.5 Å². The molecule has 0 amide bonds. The highest BCUT2D eigenvalue weighted by atomic mass is 16.5. The van der Waals surface area contributed by atoms with Crippen LogP contribution in [0.4, 0.5) is 0 Å². The molecule has 0 aliphatic rings. The maximum atomic E-state index is 5.91. The van der Waals surface area contributed by atoms with Gasteiger partial charge in [0.25, 0.3) is 0 Å². The number of hydrogen-bond donors (Lipinski definition) is 1. The predicted molar refractivity (Wildman–Crippen MR) is 70.4 cm³/mol. The standard InChI is InChI=1S/C14H23NO2/c1-4-7-16-8-9-17-14-10-11(2)5-6-13(14)12(3)15/h5-6,10,12H,4,7-9,15H2,1-3H3/t12-/m0/s1. The molecule has 0 fully saturated rings. The van der Waals surface area contributed by atoms with E-state index in [0.29, 0.717) is 13.2 Å². The van der Waals surface area contributed by atoms with E-state index in [1.807, 2.05) is 26.0 Å². The summed E-state index contributed by atoms with van der Waals surface area (Å²) in [5.41, 5.74) is 8.13. The fourth-order valence-corrected chi connectivity index (χ4v) is 1.60. The molecule has 0 aliphatic heterocycles. The number of ether oxygens (including phenoxy) is 2. The van der Waals surface area contributed by atoms with E-state index >= 15 is 0 Å². The van der Waals surface area contributed by atoms with Gasteiger partial charge in [-0.05, 0) is 31.9 Å². The average Bonchev–Trinajstić information content (AvgIpc) is 2.28. The fourth-order valence-electron chi connectivity index (χ4n) is 1.60. The first kappa shape index (κ1) is 14.0. The molecule has 0 heterocycles. The molecule has 3 heteroatoms. The highest BCUT2D eigenvalue weighted by molar-refractivity contribution is 5.38. The van der Waals surface area contributed by atoms with Gasteiger partial charge in [0.1, 0.15) is 12.4 Å². The Bertz CT molecular complexity index is 337. The summed E-state index contributed by atoms with van der Waals surface area (Å²) in [6, 6.07) is 6.10. The highest BCUT2D eigenvalue weighted by Gasteiger charge is 2.08. The van der Waals surface area contributed by atoms with Crippen LogP contribution in [0, 0.1) is 6.92 Å². The van der Waals surface area contributed by atoms with Crippen LogP contribution in [0.1, 0.15) is 37.4 Å². The summed E-state index contributed by atoms with van der Waals surface area (Å²) < 4.78 is 11.1. The number of nitrogens with two attached hydrogens (primary N) is 1. The van der Waals surface area contributed by atoms with Gasteiger partial charge >= 0.3 is 0 Å². The van der Waals surface area contributed by atoms with E-state index in [1.165, 1.54) is 5.56 Å². The lowest BCUT2D eigenvalue weighted by Crippen LogP contribution is -2.11. The van der Waals surface area contributed by atoms with Crippen molar-refractivity contribution in [2.24, 2.45) is 5.73 Å². The number of benzene rings is 1. The molecule has 0 radical (unpaired) electrons. The van der Waals surface area contributed by atoms with Crippen molar-refractivity contribution in [1.29, 1.82) is 0 Å². The summed E-state index contributed by atoms with van der Waals surface area (Å²) >= 11 is 0. The van der Waals surface area contributed by atoms with E-state index in [-0.39, 0.29) is 6.04 Å². The zero-order valence-electron chi connectivity index (χ0n) is 11.0. The van der Waals surface area contributed by atoms with Crippen molar-refractivity contribution < 1.29 is 9.47 Å². The molecular formula is C14H23NO2. The molecule has 1 atom stereocenters. The largest absolute Gasteiger partial charge is 0.491 e. The van der Waals surface area contributed by atoms with Gasteiger partial charge in [0.15, 0.2) is 0 Å². The predicted octanol–water partition coefficient (Wildman–Crippen LogP) is 2.82. The SMILES string of the molecule is CCCOCCOc1cc(C)ccc1[C@H](C)N. The Morgan fingerprint density at radius 3 is 2.65 bits per heavy atom. The Kier molecular flexibility index (Phi) is 6.01. The van der Waals surface area contributed by atoms with E-state index < -0.39 is 0 Å². The molecule has 1 rings (SSSR count). The molecule has 3 nitrogen and oxygen atoms in total. The van der Waals surface area contributed by atoms with Gasteiger partial charge in [-0.3, -0.25) is 0 Å². The van der Waals surface area contributed by atoms with Gasteiger partial charge in [0.05, 0.1) is 6.61 Å². The first-order chi connectivity index (χ1) is 8.15. The van der Waals surface area contributed by atoms with Gasteiger partial charge in [-0.15, -0.1) is 0 Å². The fraction of sp³-hybridized carbons (Fsp3) is 0.571. The average molecular weight is 237 g/mol. The molecule has 0 aliphatic carbocycles. The van der Waals surface area contributed by atoms with Crippen molar-refractivity contribution >= 4 is 0 Å². The number of aryl methyl sites for hydroxylation is 1. The van der Waals surface area contributed by atoms with Crippen LogP contribution in [0.5, 0.6) is 5.75 Å². The molecule has 96 valence electrons. The van der Waals surface area contributed by atoms with Gasteiger partial charge in [-0.1, -0.05) is 19.1 Å². The molecule has 0 bridgehead atoms. The maximum absolute atomic E-state index is 5.91. The minimum absolute atomic E-state index is 0.0119. The van der Waals surface area contributed by atoms with Gasteiger partial charge in [-0.25, -0.2) is 0 Å². The van der Waals surface area contributed by atoms with Crippen LogP contribution < -0.4 is 10.5 Å². The summed E-state index contributed by atoms with van der Waals surface area (Å²) in [4.78, 5) is 0. The molecule has 0 spiro atoms. The van der Waals surface area contributed by atoms with Crippen LogP contribution in [0.15, 0.2) is 18.2 Å². The molecule has 0 saturated heterocycles. The Morgan fingerprint density at radius 1 is 1.24 bits per heavy atom. The zero-order chi connectivity index (χ0) is 12.7. The van der Waals surface area contributed by atoms with Crippen LogP contribution in [0.3, 0.4) is 0 Å². The lowest BCUT2D eigenvalue weighted by molar-refractivity contribution is 0.100. The van der Waals surface area contributed by atoms with Crippen molar-refractivity contribution in [2.75, 3.05) is 19.8 Å². The van der Waals surface area contributed by atoms with Crippen LogP contribution >= 0.6 is 0 Å². The summed E-state index contributed by atoms with van der Waals surface area (Å²) in [6.07, 6.45) is 1.04. The van der Waals surface area contributed by atoms with Gasteiger partial charge in [-0.2, -0.15) is 0 Å². The van der Waals surface area contributed by atoms with E-state index in [4.69, 9.17) is 15.2 Å². The van der Waals surface area contributed by atoms with Crippen LogP contribution in [0.2, 0.25) is 0 Å². The van der Waals surface area contributed by atoms with E-state index in [9.17, 15) is 0 Å². The molecule has 1 aromatic rings. The van der Waals surface area contributed by atoms with Gasteiger partial charge < -0.3 is 15.2 Å². The summed E-state index contributed by atoms with van der Waals surface area (Å²) in [7, 11) is 0. The highest BCUT2D eigenvalue weighted by Crippen LogP contribution is 2.24. The Labute approximate surface area is 104 Å². The molecule has 0 unspecified atom stereocenters. The van der Waals surface area contributed by atoms with Crippen LogP contribution in [-0.4, -0.2) is 19.8 Å². The molecular weight excluding hydrogens is 214 g/mol. The zero-order valence-corrected chi connectivity index (χ0v) is 11.0. The second-order valence-corrected chi connectivity index (χ2v) is 4.29. The van der Waals surface area contributed by atoms with Crippen LogP contribution in [-0.2, 0) is 4.74 Å². The minimum Gasteiger partial charge on any atom is -0.491 e. The summed E-state index contributed by atoms with van der Waals surface area (Å²) in [6.45, 7) is 8.09. The van der Waals surface area contributed by atoms with Crippen molar-refractivity contribution in [3.05, 3.63) is 29.3 Å². The summed E-state index contributed by atoms with van der Waals surface area (Å²) in [5, 5.41) is 0. The van der Waals surface area contributed by atoms with Crippen molar-refractivity contribution in [3.8, 4) is 5.75 Å². The van der Waals surface area contributed by atoms with Crippen molar-refractivity contribution in [1.82, 2.24) is 0 Å². The molecule has 1 aromatic carbocycles. The molecule has 2 N–H and O–H groups in total. The van der Waals surface area contributed by atoms with Crippen molar-refractivity contribution in [2.45, 2.75) is 33.2 Å². The number of rotatable bonds is 7. The van der Waals surface area contributed by atoms with Gasteiger partial charge in [0, 0.05) is 18.2 Å². The van der Waals surface area contributed by atoms with Crippen LogP contribution in [0.25, 0.3) is 0 Å². The normalized spacial score (nSPS) is 12.5. The third-order valence-corrected chi connectivity index (χ3v) is 2.49. The Balaban J connectivity index is 2.53. The van der Waals surface area contributed by atoms with E-state index in [0.717, 1.165) is 24.3 Å². The number of hydrogen-bond acceptors (Lipinski definition) is 3. The maximum Gasteiger partial charge on any atom is 0.124 e. The lowest BCUT2D eigenvalue weighted by Gasteiger charge is -2.14. The summed E-state index contributed by atoms with van der Waals surface area (Å²) in [5.74, 6) is 0.875. The third kappa shape index (κ3) is 4.75. The monoisotopic (exact) mass is 237 g/mol. The minimum atomic E-state index is -0.0119. The molecule has 17 heavy (non-hydrogen) atoms. The second-order valence-electron chi connectivity index (χ2n) is 4.29. The van der Waals surface area contributed by atoms with E-state index in [2.05, 4.69) is 13.0 Å². The second kappa shape index (κ2) is 7.30. The molecule has 0 aromatic heterocycles. The quantitative estimate of drug-likeness (QED) is 0.742. The first-order valence-corrected chi connectivity index (χ1v) is 6.21. The lowest BCUT2D eigenvalue weighted by atomic mass is 10.1. The van der Waals surface area contributed by atoms with E-state index in [1.54, 1.807) is 0 Å². The third-order valence-electron chi connectivity index (χ3n) is 2.49. The Morgan fingerprint density at radius 2 is 2.00 bits per heavy atom. The molecule has 0 saturated carbocycles. The first-order valence-electron chi connectivity index (χ1n) is 6.21.